The van der Waals surface area contributed by atoms with E-state index in [2.05, 4.69) is 0 Å². The van der Waals surface area contributed by atoms with Crippen molar-refractivity contribution in [2.24, 2.45) is 5.92 Å². The first-order valence-corrected chi connectivity index (χ1v) is 3.09. The van der Waals surface area contributed by atoms with Crippen molar-refractivity contribution in [3.63, 3.8) is 0 Å². The smallest absolute Gasteiger partial charge is 0.122 e. The van der Waals surface area contributed by atoms with Crippen LogP contribution in [0, 0.1) is 5.92 Å². The third kappa shape index (κ3) is 2.91. The Balaban J connectivity index is 3.63. The van der Waals surface area contributed by atoms with Crippen LogP contribution in [0.4, 0.5) is 0 Å². The zero-order valence-corrected chi connectivity index (χ0v) is 5.60. The van der Waals surface area contributed by atoms with Crippen molar-refractivity contribution < 1.29 is 20.1 Å². The Kier molecular flexibility index (Phi) is 5.10. The number of hydrogen-bond donors (Lipinski definition) is 3. The molecule has 4 nitrogen and oxygen atoms in total. The van der Waals surface area contributed by atoms with Gasteiger partial charge >= 0.3 is 0 Å². The number of carbonyl (C=O) groups is 1. The number of hydrogen-bond acceptors (Lipinski definition) is 4. The average molecular weight is 148 g/mol. The van der Waals surface area contributed by atoms with Crippen molar-refractivity contribution in [1.82, 2.24) is 0 Å². The summed E-state index contributed by atoms with van der Waals surface area (Å²) >= 11 is 0. The average Bonchev–Trinajstić information content (AvgIpc) is 1.91. The van der Waals surface area contributed by atoms with Crippen LogP contribution < -0.4 is 0 Å². The lowest BCUT2D eigenvalue weighted by Crippen LogP contribution is -2.27. The fraction of sp³-hybridized carbons (Fsp3) is 0.833. The fourth-order valence-corrected chi connectivity index (χ4v) is 0.592. The molecule has 0 bridgehead atoms. The molecule has 1 atom stereocenters. The maximum absolute atomic E-state index is 9.83. The van der Waals surface area contributed by atoms with Crippen LogP contribution in [0.5, 0.6) is 0 Å². The van der Waals surface area contributed by atoms with Gasteiger partial charge in [-0.1, -0.05) is 0 Å². The van der Waals surface area contributed by atoms with E-state index in [1.54, 1.807) is 0 Å². The van der Waals surface area contributed by atoms with E-state index >= 15 is 0 Å². The second-order valence-electron chi connectivity index (χ2n) is 2.09. The molecule has 0 aromatic heterocycles. The van der Waals surface area contributed by atoms with Crippen LogP contribution in [0.25, 0.3) is 0 Å². The van der Waals surface area contributed by atoms with Gasteiger partial charge in [0.05, 0.1) is 19.3 Å². The molecule has 0 radical (unpaired) electrons. The lowest BCUT2D eigenvalue weighted by atomic mass is 10.0. The van der Waals surface area contributed by atoms with Gasteiger partial charge in [0.25, 0.3) is 0 Å². The molecule has 0 aliphatic carbocycles. The Morgan fingerprint density at radius 1 is 1.30 bits per heavy atom. The topological polar surface area (TPSA) is 77.8 Å². The second-order valence-corrected chi connectivity index (χ2v) is 2.09. The largest absolute Gasteiger partial charge is 0.396 e. The first-order valence-electron chi connectivity index (χ1n) is 3.09. The van der Waals surface area contributed by atoms with Gasteiger partial charge < -0.3 is 20.1 Å². The highest BCUT2D eigenvalue weighted by atomic mass is 16.3. The molecule has 1 unspecified atom stereocenters. The minimum Gasteiger partial charge on any atom is -0.396 e. The first-order chi connectivity index (χ1) is 4.76. The molecule has 0 aliphatic rings. The summed E-state index contributed by atoms with van der Waals surface area (Å²) in [4.78, 5) is 9.83. The third-order valence-corrected chi connectivity index (χ3v) is 1.35. The van der Waals surface area contributed by atoms with Crippen LogP contribution in [0.15, 0.2) is 0 Å². The maximum atomic E-state index is 9.83. The normalized spacial score (nSPS) is 13.6. The summed E-state index contributed by atoms with van der Waals surface area (Å²) in [6.07, 6.45) is -0.401. The highest BCUT2D eigenvalue weighted by molar-refractivity contribution is 5.50. The standard InChI is InChI=1S/C6H12O4/c7-2-1-6(10)5(3-8)4-9/h2,5-6,8-10H,1,3-4H2. The van der Waals surface area contributed by atoms with Crippen LogP contribution in [-0.4, -0.2) is 40.9 Å². The quantitative estimate of drug-likeness (QED) is 0.416. The van der Waals surface area contributed by atoms with Gasteiger partial charge in [-0.25, -0.2) is 0 Å². The molecule has 0 amide bonds. The minimum atomic E-state index is -0.924. The fourth-order valence-electron chi connectivity index (χ4n) is 0.592. The van der Waals surface area contributed by atoms with E-state index in [4.69, 9.17) is 15.3 Å². The molecule has 0 aromatic carbocycles. The predicted octanol–water partition coefficient (Wildman–Crippen LogP) is -1.46. The zero-order chi connectivity index (χ0) is 7.98. The number of aldehydes is 1. The molecule has 60 valence electrons. The molecule has 0 saturated heterocycles. The summed E-state index contributed by atoms with van der Waals surface area (Å²) in [6, 6.07) is 0. The summed E-state index contributed by atoms with van der Waals surface area (Å²) in [5.74, 6) is -0.592. The van der Waals surface area contributed by atoms with Gasteiger partial charge in [-0.15, -0.1) is 0 Å². The Labute approximate surface area is 59.1 Å². The third-order valence-electron chi connectivity index (χ3n) is 1.35. The number of rotatable bonds is 5. The van der Waals surface area contributed by atoms with E-state index in [1.165, 1.54) is 0 Å². The van der Waals surface area contributed by atoms with Crippen LogP contribution in [0.3, 0.4) is 0 Å². The number of carbonyl (C=O) groups excluding carboxylic acids is 1. The van der Waals surface area contributed by atoms with E-state index in [0.29, 0.717) is 6.29 Å². The number of aliphatic hydroxyl groups is 3. The molecule has 3 N–H and O–H groups in total. The van der Waals surface area contributed by atoms with Crippen molar-refractivity contribution >= 4 is 6.29 Å². The molecule has 0 aliphatic heterocycles. The van der Waals surface area contributed by atoms with Gasteiger partial charge in [-0.2, -0.15) is 0 Å². The van der Waals surface area contributed by atoms with Crippen molar-refractivity contribution in [2.75, 3.05) is 13.2 Å². The Hall–Kier alpha value is -0.450. The lowest BCUT2D eigenvalue weighted by Gasteiger charge is -2.15. The molecular formula is C6H12O4. The summed E-state index contributed by atoms with van der Waals surface area (Å²) in [5.41, 5.74) is 0. The van der Waals surface area contributed by atoms with Crippen LogP contribution in [0.2, 0.25) is 0 Å². The predicted molar refractivity (Wildman–Crippen MR) is 34.3 cm³/mol. The van der Waals surface area contributed by atoms with E-state index < -0.39 is 12.0 Å². The molecule has 0 rings (SSSR count). The summed E-state index contributed by atoms with van der Waals surface area (Å²) in [6.45, 7) is -0.600. The van der Waals surface area contributed by atoms with E-state index in [0.717, 1.165) is 0 Å². The van der Waals surface area contributed by atoms with Crippen LogP contribution >= 0.6 is 0 Å². The molecule has 0 heterocycles. The summed E-state index contributed by atoms with van der Waals surface area (Å²) in [5, 5.41) is 25.9. The van der Waals surface area contributed by atoms with Gasteiger partial charge in [0, 0.05) is 12.3 Å². The number of aliphatic hydroxyl groups excluding tert-OH is 3. The van der Waals surface area contributed by atoms with Gasteiger partial charge in [0.15, 0.2) is 0 Å². The van der Waals surface area contributed by atoms with E-state index in [1.807, 2.05) is 0 Å². The van der Waals surface area contributed by atoms with E-state index in [-0.39, 0.29) is 19.6 Å². The Bertz CT molecular complexity index is 89.7. The Morgan fingerprint density at radius 2 is 1.80 bits per heavy atom. The van der Waals surface area contributed by atoms with Crippen molar-refractivity contribution in [2.45, 2.75) is 12.5 Å². The van der Waals surface area contributed by atoms with E-state index in [9.17, 15) is 4.79 Å². The van der Waals surface area contributed by atoms with Gasteiger partial charge in [0.2, 0.25) is 0 Å². The monoisotopic (exact) mass is 148 g/mol. The van der Waals surface area contributed by atoms with Crippen molar-refractivity contribution in [1.29, 1.82) is 0 Å². The zero-order valence-electron chi connectivity index (χ0n) is 5.60. The molecular weight excluding hydrogens is 136 g/mol. The summed E-state index contributed by atoms with van der Waals surface area (Å²) < 4.78 is 0. The highest BCUT2D eigenvalue weighted by Crippen LogP contribution is 2.03. The lowest BCUT2D eigenvalue weighted by molar-refractivity contribution is -0.110. The SMILES string of the molecule is O=CCC(O)C(CO)CO. The maximum Gasteiger partial charge on any atom is 0.122 e. The highest BCUT2D eigenvalue weighted by Gasteiger charge is 2.16. The van der Waals surface area contributed by atoms with Crippen LogP contribution in [-0.2, 0) is 4.79 Å². The second kappa shape index (κ2) is 5.34. The molecule has 10 heavy (non-hydrogen) atoms. The van der Waals surface area contributed by atoms with Gasteiger partial charge in [0.1, 0.15) is 6.29 Å². The minimum absolute atomic E-state index is 0.0359. The van der Waals surface area contributed by atoms with Crippen molar-refractivity contribution in [3.8, 4) is 0 Å². The van der Waals surface area contributed by atoms with Crippen molar-refractivity contribution in [3.05, 3.63) is 0 Å². The van der Waals surface area contributed by atoms with Gasteiger partial charge in [-0.05, 0) is 0 Å². The van der Waals surface area contributed by atoms with Crippen LogP contribution in [0.1, 0.15) is 6.42 Å². The summed E-state index contributed by atoms with van der Waals surface area (Å²) in [7, 11) is 0. The molecule has 0 fully saturated rings. The molecule has 4 heteroatoms. The molecule has 0 aromatic rings. The first kappa shape index (κ1) is 9.55. The van der Waals surface area contributed by atoms with Gasteiger partial charge in [-0.3, -0.25) is 0 Å². The molecule has 0 spiro atoms. The Morgan fingerprint density at radius 3 is 2.10 bits per heavy atom. The molecule has 0 saturated carbocycles.